The van der Waals surface area contributed by atoms with Crippen LogP contribution in [0.2, 0.25) is 10.0 Å². The van der Waals surface area contributed by atoms with Gasteiger partial charge in [-0.05, 0) is 38.0 Å². The number of thioether (sulfide) groups is 1. The van der Waals surface area contributed by atoms with Crippen molar-refractivity contribution < 1.29 is 4.79 Å². The summed E-state index contributed by atoms with van der Waals surface area (Å²) in [7, 11) is 0. The van der Waals surface area contributed by atoms with E-state index in [2.05, 4.69) is 46.2 Å². The first-order valence-electron chi connectivity index (χ1n) is 8.77. The van der Waals surface area contributed by atoms with Crippen molar-refractivity contribution in [2.45, 2.75) is 38.9 Å². The van der Waals surface area contributed by atoms with E-state index in [-0.39, 0.29) is 11.7 Å². The Morgan fingerprint density at radius 2 is 1.96 bits per heavy atom. The van der Waals surface area contributed by atoms with Crippen LogP contribution >= 0.6 is 46.3 Å². The van der Waals surface area contributed by atoms with Crippen molar-refractivity contribution in [3.05, 3.63) is 44.1 Å². The quantitative estimate of drug-likeness (QED) is 0.439. The summed E-state index contributed by atoms with van der Waals surface area (Å²) in [6, 6.07) is 5.11. The van der Waals surface area contributed by atoms with E-state index in [4.69, 9.17) is 23.2 Å². The number of hydrogen-bond acceptors (Lipinski definition) is 5. The van der Waals surface area contributed by atoms with E-state index in [9.17, 15) is 4.79 Å². The predicted octanol–water partition coefficient (Wildman–Crippen LogP) is 6.07. The fourth-order valence-corrected chi connectivity index (χ4v) is 4.80. The van der Waals surface area contributed by atoms with Gasteiger partial charge < -0.3 is 9.88 Å². The molecule has 1 N–H and O–H groups in total. The van der Waals surface area contributed by atoms with Crippen LogP contribution in [0.15, 0.2) is 28.7 Å². The van der Waals surface area contributed by atoms with Gasteiger partial charge in [0.05, 0.1) is 21.5 Å². The molecule has 5 nitrogen and oxygen atoms in total. The minimum absolute atomic E-state index is 0.186. The first kappa shape index (κ1) is 21.2. The van der Waals surface area contributed by atoms with Gasteiger partial charge in [-0.3, -0.25) is 4.79 Å². The first-order chi connectivity index (χ1) is 13.4. The molecule has 0 aliphatic heterocycles. The normalized spacial score (nSPS) is 11.0. The lowest BCUT2D eigenvalue weighted by atomic mass is 10.1. The second kappa shape index (κ2) is 9.31. The molecule has 0 bridgehead atoms. The zero-order valence-electron chi connectivity index (χ0n) is 15.8. The Balaban J connectivity index is 1.75. The molecule has 0 fully saturated rings. The zero-order chi connectivity index (χ0) is 20.3. The third-order valence-electron chi connectivity index (χ3n) is 4.25. The van der Waals surface area contributed by atoms with Crippen LogP contribution in [0.1, 0.15) is 23.8 Å². The third kappa shape index (κ3) is 4.54. The molecule has 148 valence electrons. The van der Waals surface area contributed by atoms with E-state index < -0.39 is 0 Å². The van der Waals surface area contributed by atoms with Crippen LogP contribution in [0.5, 0.6) is 0 Å². The zero-order valence-corrected chi connectivity index (χ0v) is 18.9. The average Bonchev–Trinajstić information content (AvgIpc) is 3.20. The highest BCUT2D eigenvalue weighted by Gasteiger charge is 2.18. The molecule has 3 rings (SSSR count). The molecular weight excluding hydrogens is 435 g/mol. The number of nitrogens with one attached hydrogen (secondary N) is 1. The monoisotopic (exact) mass is 454 g/mol. The minimum atomic E-state index is -0.199. The first-order valence-corrected chi connectivity index (χ1v) is 11.4. The molecule has 2 aromatic heterocycles. The highest BCUT2D eigenvalue weighted by molar-refractivity contribution is 7.99. The summed E-state index contributed by atoms with van der Waals surface area (Å²) in [5.74, 6) is 0.835. The number of anilines is 1. The van der Waals surface area contributed by atoms with E-state index >= 15 is 0 Å². The number of para-hydroxylation sites is 1. The van der Waals surface area contributed by atoms with Gasteiger partial charge in [0.2, 0.25) is 5.91 Å². The van der Waals surface area contributed by atoms with Gasteiger partial charge in [-0.25, -0.2) is 0 Å². The average molecular weight is 455 g/mol. The van der Waals surface area contributed by atoms with Crippen LogP contribution < -0.4 is 5.32 Å². The summed E-state index contributed by atoms with van der Waals surface area (Å²) in [6.45, 7) is 7.09. The number of benzene rings is 1. The van der Waals surface area contributed by atoms with Crippen molar-refractivity contribution in [1.82, 2.24) is 14.8 Å². The lowest BCUT2D eigenvalue weighted by Crippen LogP contribution is -2.15. The molecule has 0 spiro atoms. The number of hydrogen-bond donors (Lipinski definition) is 1. The van der Waals surface area contributed by atoms with Gasteiger partial charge in [0.15, 0.2) is 11.0 Å². The molecule has 28 heavy (non-hydrogen) atoms. The van der Waals surface area contributed by atoms with Gasteiger partial charge in [0.25, 0.3) is 0 Å². The van der Waals surface area contributed by atoms with Gasteiger partial charge >= 0.3 is 0 Å². The highest BCUT2D eigenvalue weighted by atomic mass is 35.5. The Kier molecular flexibility index (Phi) is 7.04. The van der Waals surface area contributed by atoms with Gasteiger partial charge in [-0.15, -0.1) is 21.5 Å². The number of nitrogens with zero attached hydrogens (tertiary/aromatic N) is 3. The Morgan fingerprint density at radius 3 is 2.57 bits per heavy atom. The molecule has 0 aliphatic rings. The number of rotatable bonds is 7. The molecule has 3 aromatic rings. The summed E-state index contributed by atoms with van der Waals surface area (Å²) >= 11 is 15.3. The van der Waals surface area contributed by atoms with Crippen LogP contribution in [-0.2, 0) is 11.3 Å². The number of thiophene rings is 1. The van der Waals surface area contributed by atoms with Gasteiger partial charge in [-0.1, -0.05) is 48.0 Å². The number of carbonyl (C=O) groups excluding carboxylic acids is 1. The van der Waals surface area contributed by atoms with Gasteiger partial charge in [0, 0.05) is 22.4 Å². The van der Waals surface area contributed by atoms with E-state index in [1.807, 2.05) is 0 Å². The molecule has 0 saturated carbocycles. The third-order valence-corrected chi connectivity index (χ3v) is 6.86. The van der Waals surface area contributed by atoms with Gasteiger partial charge in [0.1, 0.15) is 0 Å². The molecular formula is C19H20Cl2N4OS2. The van der Waals surface area contributed by atoms with E-state index in [0.717, 1.165) is 29.5 Å². The number of aryl methyl sites for hydroxylation is 1. The molecule has 0 unspecified atom stereocenters. The van der Waals surface area contributed by atoms with Crippen molar-refractivity contribution in [2.75, 3.05) is 11.1 Å². The van der Waals surface area contributed by atoms with Crippen LogP contribution in [0, 0.1) is 13.8 Å². The van der Waals surface area contributed by atoms with E-state index in [0.29, 0.717) is 15.7 Å². The van der Waals surface area contributed by atoms with Crippen molar-refractivity contribution in [2.24, 2.45) is 0 Å². The molecule has 0 radical (unpaired) electrons. The lowest BCUT2D eigenvalue weighted by Gasteiger charge is -2.10. The summed E-state index contributed by atoms with van der Waals surface area (Å²) in [5.41, 5.74) is 2.75. The second-order valence-electron chi connectivity index (χ2n) is 6.22. The maximum Gasteiger partial charge on any atom is 0.234 e. The SMILES string of the molecule is CCCn1c(SCC(=O)Nc2c(Cl)cccc2Cl)nnc1-c1csc(C)c1C. The Hall–Kier alpha value is -1.54. The topological polar surface area (TPSA) is 59.8 Å². The van der Waals surface area contributed by atoms with Crippen LogP contribution in [0.4, 0.5) is 5.69 Å². The van der Waals surface area contributed by atoms with E-state index in [1.54, 1.807) is 29.5 Å². The smallest absolute Gasteiger partial charge is 0.234 e. The Morgan fingerprint density at radius 1 is 1.25 bits per heavy atom. The van der Waals surface area contributed by atoms with Crippen molar-refractivity contribution in [1.29, 1.82) is 0 Å². The van der Waals surface area contributed by atoms with Crippen LogP contribution in [0.3, 0.4) is 0 Å². The minimum Gasteiger partial charge on any atom is -0.323 e. The fraction of sp³-hybridized carbons (Fsp3) is 0.316. The summed E-state index contributed by atoms with van der Waals surface area (Å²) in [6.07, 6.45) is 0.947. The summed E-state index contributed by atoms with van der Waals surface area (Å²) < 4.78 is 2.08. The van der Waals surface area contributed by atoms with Crippen molar-refractivity contribution in [3.63, 3.8) is 0 Å². The number of carbonyl (C=O) groups is 1. The fourth-order valence-electron chi connectivity index (χ4n) is 2.68. The summed E-state index contributed by atoms with van der Waals surface area (Å²) in [5, 5.41) is 15.1. The van der Waals surface area contributed by atoms with E-state index in [1.165, 1.54) is 22.2 Å². The molecule has 1 amide bonds. The maximum atomic E-state index is 12.4. The Labute approximate surface area is 182 Å². The highest BCUT2D eigenvalue weighted by Crippen LogP contribution is 2.32. The second-order valence-corrected chi connectivity index (χ2v) is 9.06. The molecule has 9 heteroatoms. The number of aromatic nitrogens is 3. The number of amides is 1. The standard InChI is InChI=1S/C19H20Cl2N4OS2/c1-4-8-25-18(13-9-27-12(3)11(13)2)23-24-19(25)28-10-16(26)22-17-14(20)6-5-7-15(17)21/h5-7,9H,4,8,10H2,1-3H3,(H,22,26). The van der Waals surface area contributed by atoms with Crippen LogP contribution in [0.25, 0.3) is 11.4 Å². The maximum absolute atomic E-state index is 12.4. The van der Waals surface area contributed by atoms with Crippen molar-refractivity contribution in [3.8, 4) is 11.4 Å². The van der Waals surface area contributed by atoms with Gasteiger partial charge in [-0.2, -0.15) is 0 Å². The van der Waals surface area contributed by atoms with Crippen LogP contribution in [-0.4, -0.2) is 26.4 Å². The number of halogens is 2. The molecule has 1 aromatic carbocycles. The largest absolute Gasteiger partial charge is 0.323 e. The molecule has 0 atom stereocenters. The summed E-state index contributed by atoms with van der Waals surface area (Å²) in [4.78, 5) is 13.7. The predicted molar refractivity (Wildman–Crippen MR) is 119 cm³/mol. The Bertz CT molecular complexity index is 980. The lowest BCUT2D eigenvalue weighted by molar-refractivity contribution is -0.113. The van der Waals surface area contributed by atoms with Crippen molar-refractivity contribution >= 4 is 57.9 Å². The molecule has 2 heterocycles. The molecule has 0 saturated heterocycles. The molecule has 0 aliphatic carbocycles.